The summed E-state index contributed by atoms with van der Waals surface area (Å²) in [4.78, 5) is 18.3. The number of ether oxygens (including phenoxy) is 1. The van der Waals surface area contributed by atoms with Crippen LogP contribution in [-0.2, 0) is 11.3 Å². The van der Waals surface area contributed by atoms with E-state index in [0.29, 0.717) is 24.2 Å². The Morgan fingerprint density at radius 3 is 3.05 bits per heavy atom. The number of likely N-dealkylation sites (tertiary alicyclic amines) is 1. The summed E-state index contributed by atoms with van der Waals surface area (Å²) in [5.41, 5.74) is 7.15. The van der Waals surface area contributed by atoms with Crippen molar-refractivity contribution in [2.45, 2.75) is 32.4 Å². The van der Waals surface area contributed by atoms with Crippen LogP contribution in [0.25, 0.3) is 0 Å². The van der Waals surface area contributed by atoms with E-state index in [4.69, 9.17) is 10.5 Å². The average molecular weight is 277 g/mol. The lowest BCUT2D eigenvalue weighted by atomic mass is 9.90. The molecule has 0 spiro atoms. The number of aromatic nitrogens is 1. The van der Waals surface area contributed by atoms with Crippen molar-refractivity contribution in [1.82, 2.24) is 9.88 Å². The van der Waals surface area contributed by atoms with Gasteiger partial charge in [0.15, 0.2) is 0 Å². The fraction of sp³-hybridized carbons (Fsp3) is 0.600. The van der Waals surface area contributed by atoms with Gasteiger partial charge in [0.05, 0.1) is 12.8 Å². The molecule has 5 nitrogen and oxygen atoms in total. The van der Waals surface area contributed by atoms with Crippen molar-refractivity contribution in [3.8, 4) is 0 Å². The van der Waals surface area contributed by atoms with E-state index < -0.39 is 5.97 Å². The van der Waals surface area contributed by atoms with Gasteiger partial charge in [-0.15, -0.1) is 0 Å². The third kappa shape index (κ3) is 3.35. The summed E-state index contributed by atoms with van der Waals surface area (Å²) in [5.74, 6) is 0.215. The van der Waals surface area contributed by atoms with Crippen LogP contribution in [0.1, 0.15) is 35.9 Å². The molecule has 1 saturated heterocycles. The summed E-state index contributed by atoms with van der Waals surface area (Å²) in [6.07, 6.45) is 2.42. The molecule has 0 radical (unpaired) electrons. The summed E-state index contributed by atoms with van der Waals surface area (Å²) >= 11 is 0. The lowest BCUT2D eigenvalue weighted by molar-refractivity contribution is 0.0592. The third-order valence-corrected chi connectivity index (χ3v) is 4.04. The minimum atomic E-state index is -0.394. The first kappa shape index (κ1) is 14.9. The van der Waals surface area contributed by atoms with Crippen LogP contribution in [0.15, 0.2) is 18.2 Å². The maximum atomic E-state index is 11.5. The van der Waals surface area contributed by atoms with Crippen molar-refractivity contribution >= 4 is 5.97 Å². The minimum Gasteiger partial charge on any atom is -0.464 e. The van der Waals surface area contributed by atoms with Gasteiger partial charge in [0.1, 0.15) is 5.69 Å². The standard InChI is InChI=1S/C15H23N3O2/c1-11-5-4-8-18(14(11)9-16)10-12-6-3-7-13(17-12)15(19)20-2/h3,6-7,11,14H,4-5,8-10,16H2,1-2H3. The topological polar surface area (TPSA) is 68.5 Å². The maximum absolute atomic E-state index is 11.5. The molecule has 2 heterocycles. The molecule has 0 aliphatic carbocycles. The molecule has 2 rings (SSSR count). The first-order valence-electron chi connectivity index (χ1n) is 7.14. The summed E-state index contributed by atoms with van der Waals surface area (Å²) in [5, 5.41) is 0. The molecule has 1 aromatic rings. The number of hydrogen-bond acceptors (Lipinski definition) is 5. The molecule has 2 atom stereocenters. The lowest BCUT2D eigenvalue weighted by Gasteiger charge is -2.39. The number of pyridine rings is 1. The summed E-state index contributed by atoms with van der Waals surface area (Å²) in [6.45, 7) is 4.69. The van der Waals surface area contributed by atoms with Crippen LogP contribution < -0.4 is 5.73 Å². The Bertz CT molecular complexity index is 464. The van der Waals surface area contributed by atoms with E-state index in [1.165, 1.54) is 20.0 Å². The van der Waals surface area contributed by atoms with Crippen molar-refractivity contribution in [3.05, 3.63) is 29.6 Å². The zero-order valence-electron chi connectivity index (χ0n) is 12.2. The number of piperidine rings is 1. The molecule has 2 N–H and O–H groups in total. The molecular formula is C15H23N3O2. The molecule has 0 aromatic carbocycles. The lowest BCUT2D eigenvalue weighted by Crippen LogP contribution is -2.48. The Labute approximate surface area is 120 Å². The predicted octanol–water partition coefficient (Wildman–Crippen LogP) is 1.43. The van der Waals surface area contributed by atoms with Crippen molar-refractivity contribution in [2.75, 3.05) is 20.2 Å². The van der Waals surface area contributed by atoms with Gasteiger partial charge < -0.3 is 10.5 Å². The molecule has 1 aromatic heterocycles. The van der Waals surface area contributed by atoms with Gasteiger partial charge in [0.25, 0.3) is 0 Å². The van der Waals surface area contributed by atoms with Crippen molar-refractivity contribution < 1.29 is 9.53 Å². The highest BCUT2D eigenvalue weighted by molar-refractivity contribution is 5.87. The van der Waals surface area contributed by atoms with Crippen LogP contribution in [0.3, 0.4) is 0 Å². The largest absolute Gasteiger partial charge is 0.464 e. The highest BCUT2D eigenvalue weighted by Crippen LogP contribution is 2.23. The molecule has 0 amide bonds. The van der Waals surface area contributed by atoms with Gasteiger partial charge in [0.2, 0.25) is 0 Å². The molecule has 1 fully saturated rings. The number of esters is 1. The number of nitrogens with two attached hydrogens (primary N) is 1. The number of hydrogen-bond donors (Lipinski definition) is 1. The average Bonchev–Trinajstić information content (AvgIpc) is 2.47. The number of nitrogens with zero attached hydrogens (tertiary/aromatic N) is 2. The molecule has 110 valence electrons. The van der Waals surface area contributed by atoms with Crippen LogP contribution >= 0.6 is 0 Å². The first-order valence-corrected chi connectivity index (χ1v) is 7.14. The van der Waals surface area contributed by atoms with E-state index >= 15 is 0 Å². The molecule has 20 heavy (non-hydrogen) atoms. The van der Waals surface area contributed by atoms with E-state index in [2.05, 4.69) is 16.8 Å². The fourth-order valence-corrected chi connectivity index (χ4v) is 2.91. The van der Waals surface area contributed by atoms with Crippen LogP contribution in [0.4, 0.5) is 0 Å². The summed E-state index contributed by atoms with van der Waals surface area (Å²) in [6, 6.07) is 5.86. The Morgan fingerprint density at radius 2 is 2.35 bits per heavy atom. The van der Waals surface area contributed by atoms with Crippen LogP contribution in [0.2, 0.25) is 0 Å². The van der Waals surface area contributed by atoms with Crippen molar-refractivity contribution in [3.63, 3.8) is 0 Å². The van der Waals surface area contributed by atoms with E-state index in [-0.39, 0.29) is 0 Å². The molecule has 0 bridgehead atoms. The summed E-state index contributed by atoms with van der Waals surface area (Å²) < 4.78 is 4.71. The highest BCUT2D eigenvalue weighted by Gasteiger charge is 2.27. The molecular weight excluding hydrogens is 254 g/mol. The number of carbonyl (C=O) groups excluding carboxylic acids is 1. The number of methoxy groups -OCH3 is 1. The summed E-state index contributed by atoms with van der Waals surface area (Å²) in [7, 11) is 1.37. The van der Waals surface area contributed by atoms with Gasteiger partial charge in [0, 0.05) is 19.1 Å². The Morgan fingerprint density at radius 1 is 1.55 bits per heavy atom. The molecule has 1 aliphatic rings. The number of rotatable bonds is 4. The Kier molecular flexibility index (Phi) is 5.09. The quantitative estimate of drug-likeness (QED) is 0.843. The molecule has 2 unspecified atom stereocenters. The predicted molar refractivity (Wildman–Crippen MR) is 77.2 cm³/mol. The zero-order chi connectivity index (χ0) is 14.5. The van der Waals surface area contributed by atoms with E-state index in [9.17, 15) is 4.79 Å². The SMILES string of the molecule is COC(=O)c1cccc(CN2CCCC(C)C2CN)n1. The highest BCUT2D eigenvalue weighted by atomic mass is 16.5. The second kappa shape index (κ2) is 6.81. The fourth-order valence-electron chi connectivity index (χ4n) is 2.91. The molecule has 5 heteroatoms. The number of carbonyl (C=O) groups is 1. The molecule has 1 aliphatic heterocycles. The van der Waals surface area contributed by atoms with Crippen LogP contribution in [0, 0.1) is 5.92 Å². The maximum Gasteiger partial charge on any atom is 0.356 e. The molecule has 0 saturated carbocycles. The van der Waals surface area contributed by atoms with Crippen molar-refractivity contribution in [1.29, 1.82) is 0 Å². The van der Waals surface area contributed by atoms with Crippen LogP contribution in [-0.4, -0.2) is 42.1 Å². The Hall–Kier alpha value is -1.46. The van der Waals surface area contributed by atoms with Crippen LogP contribution in [0.5, 0.6) is 0 Å². The van der Waals surface area contributed by atoms with Gasteiger partial charge in [-0.05, 0) is 37.4 Å². The zero-order valence-corrected chi connectivity index (χ0v) is 12.2. The van der Waals surface area contributed by atoms with E-state index in [1.807, 2.05) is 12.1 Å². The Balaban J connectivity index is 2.10. The van der Waals surface area contributed by atoms with Gasteiger partial charge >= 0.3 is 5.97 Å². The smallest absolute Gasteiger partial charge is 0.356 e. The second-order valence-electron chi connectivity index (χ2n) is 5.40. The van der Waals surface area contributed by atoms with Gasteiger partial charge in [-0.2, -0.15) is 0 Å². The van der Waals surface area contributed by atoms with E-state index in [1.54, 1.807) is 6.07 Å². The first-order chi connectivity index (χ1) is 9.65. The van der Waals surface area contributed by atoms with Gasteiger partial charge in [-0.25, -0.2) is 9.78 Å². The minimum absolute atomic E-state index is 0.361. The van der Waals surface area contributed by atoms with Crippen molar-refractivity contribution in [2.24, 2.45) is 11.7 Å². The normalized spacial score (nSPS) is 23.6. The van der Waals surface area contributed by atoms with Gasteiger partial charge in [-0.3, -0.25) is 4.90 Å². The second-order valence-corrected chi connectivity index (χ2v) is 5.40. The van der Waals surface area contributed by atoms with E-state index in [0.717, 1.165) is 18.8 Å². The monoisotopic (exact) mass is 277 g/mol. The van der Waals surface area contributed by atoms with Gasteiger partial charge in [-0.1, -0.05) is 13.0 Å². The third-order valence-electron chi connectivity index (χ3n) is 4.04.